The normalized spacial score (nSPS) is 25.9. The van der Waals surface area contributed by atoms with Crippen LogP contribution in [0.4, 0.5) is 0 Å². The maximum absolute atomic E-state index is 6.43. The lowest BCUT2D eigenvalue weighted by Gasteiger charge is -2.31. The van der Waals surface area contributed by atoms with Crippen LogP contribution in [-0.4, -0.2) is 0 Å². The molecule has 0 bridgehead atoms. The third-order valence-corrected chi connectivity index (χ3v) is 7.12. The Labute approximate surface area is 118 Å². The van der Waals surface area contributed by atoms with Crippen molar-refractivity contribution >= 4 is 43.2 Å². The van der Waals surface area contributed by atoms with Crippen molar-refractivity contribution in [2.75, 3.05) is 0 Å². The number of rotatable bonds is 2. The number of halogens is 2. The van der Waals surface area contributed by atoms with Crippen LogP contribution in [0.2, 0.25) is 0 Å². The van der Waals surface area contributed by atoms with Gasteiger partial charge in [-0.1, -0.05) is 20.3 Å². The van der Waals surface area contributed by atoms with E-state index in [-0.39, 0.29) is 6.04 Å². The van der Waals surface area contributed by atoms with Gasteiger partial charge in [0.25, 0.3) is 0 Å². The molecule has 0 saturated heterocycles. The van der Waals surface area contributed by atoms with Gasteiger partial charge in [-0.05, 0) is 62.1 Å². The van der Waals surface area contributed by atoms with E-state index in [1.165, 1.54) is 24.1 Å². The zero-order valence-electron chi connectivity index (χ0n) is 9.59. The predicted molar refractivity (Wildman–Crippen MR) is 77.8 cm³/mol. The van der Waals surface area contributed by atoms with Gasteiger partial charge >= 0.3 is 0 Å². The average molecular weight is 367 g/mol. The predicted octanol–water partition coefficient (Wildman–Crippen LogP) is 5.10. The van der Waals surface area contributed by atoms with Crippen LogP contribution < -0.4 is 5.73 Å². The van der Waals surface area contributed by atoms with Crippen LogP contribution in [0.25, 0.3) is 0 Å². The quantitative estimate of drug-likeness (QED) is 0.774. The molecule has 1 aromatic rings. The number of nitrogens with two attached hydrogens (primary N) is 1. The van der Waals surface area contributed by atoms with E-state index in [1.807, 2.05) is 0 Å². The van der Waals surface area contributed by atoms with Crippen LogP contribution in [0.3, 0.4) is 0 Å². The Morgan fingerprint density at radius 3 is 2.62 bits per heavy atom. The van der Waals surface area contributed by atoms with Gasteiger partial charge in [0.05, 0.1) is 3.79 Å². The van der Waals surface area contributed by atoms with E-state index < -0.39 is 0 Å². The molecular weight excluding hydrogens is 350 g/mol. The van der Waals surface area contributed by atoms with Gasteiger partial charge in [0.2, 0.25) is 0 Å². The highest BCUT2D eigenvalue weighted by atomic mass is 79.9. The van der Waals surface area contributed by atoms with Crippen LogP contribution in [0.15, 0.2) is 14.3 Å². The van der Waals surface area contributed by atoms with E-state index >= 15 is 0 Å². The van der Waals surface area contributed by atoms with E-state index in [1.54, 1.807) is 11.3 Å². The highest BCUT2D eigenvalue weighted by molar-refractivity contribution is 9.13. The molecule has 0 aromatic carbocycles. The van der Waals surface area contributed by atoms with Crippen LogP contribution >= 0.6 is 43.2 Å². The molecule has 1 aromatic heterocycles. The van der Waals surface area contributed by atoms with Gasteiger partial charge in [-0.2, -0.15) is 0 Å². The fourth-order valence-corrected chi connectivity index (χ4v) is 4.90. The Kier molecular flexibility index (Phi) is 3.85. The van der Waals surface area contributed by atoms with Gasteiger partial charge < -0.3 is 5.73 Å². The van der Waals surface area contributed by atoms with Gasteiger partial charge in [-0.3, -0.25) is 0 Å². The summed E-state index contributed by atoms with van der Waals surface area (Å²) in [6.45, 7) is 4.70. The molecule has 1 saturated carbocycles. The number of hydrogen-bond donors (Lipinski definition) is 1. The van der Waals surface area contributed by atoms with Crippen LogP contribution in [0.5, 0.6) is 0 Å². The van der Waals surface area contributed by atoms with Crippen molar-refractivity contribution in [1.29, 1.82) is 0 Å². The number of hydrogen-bond acceptors (Lipinski definition) is 2. The first-order valence-electron chi connectivity index (χ1n) is 5.62. The van der Waals surface area contributed by atoms with Crippen molar-refractivity contribution in [2.24, 2.45) is 17.1 Å². The molecule has 2 rings (SSSR count). The minimum absolute atomic E-state index is 0.185. The summed E-state index contributed by atoms with van der Waals surface area (Å²) in [5, 5.41) is 0. The minimum Gasteiger partial charge on any atom is -0.323 e. The molecule has 1 fully saturated rings. The van der Waals surface area contributed by atoms with Crippen molar-refractivity contribution in [3.8, 4) is 0 Å². The first kappa shape index (κ1) is 13.1. The van der Waals surface area contributed by atoms with Crippen molar-refractivity contribution in [3.63, 3.8) is 0 Å². The molecule has 0 aliphatic heterocycles. The minimum atomic E-state index is 0.185. The van der Waals surface area contributed by atoms with E-state index in [2.05, 4.69) is 51.8 Å². The maximum atomic E-state index is 6.43. The fraction of sp³-hybridized carbons (Fsp3) is 0.667. The Hall–Kier alpha value is 0.620. The first-order chi connectivity index (χ1) is 7.42. The zero-order valence-corrected chi connectivity index (χ0v) is 13.6. The van der Waals surface area contributed by atoms with Crippen LogP contribution in [0, 0.1) is 11.3 Å². The summed E-state index contributed by atoms with van der Waals surface area (Å²) >= 11 is 8.82. The summed E-state index contributed by atoms with van der Waals surface area (Å²) in [6.07, 6.45) is 3.89. The molecule has 2 atom stereocenters. The molecule has 0 radical (unpaired) electrons. The van der Waals surface area contributed by atoms with Gasteiger partial charge in [0, 0.05) is 15.4 Å². The molecule has 1 nitrogen and oxygen atoms in total. The summed E-state index contributed by atoms with van der Waals surface area (Å²) in [7, 11) is 0. The smallest absolute Gasteiger partial charge is 0.0843 e. The van der Waals surface area contributed by atoms with Crippen LogP contribution in [-0.2, 0) is 0 Å². The Bertz CT molecular complexity index is 367. The second-order valence-electron chi connectivity index (χ2n) is 5.28. The summed E-state index contributed by atoms with van der Waals surface area (Å²) < 4.78 is 2.27. The summed E-state index contributed by atoms with van der Waals surface area (Å²) in [5.41, 5.74) is 6.82. The molecule has 2 N–H and O–H groups in total. The summed E-state index contributed by atoms with van der Waals surface area (Å²) in [4.78, 5) is 1.29. The van der Waals surface area contributed by atoms with E-state index in [0.717, 1.165) is 8.26 Å². The highest BCUT2D eigenvalue weighted by Gasteiger charge is 2.39. The molecule has 90 valence electrons. The SMILES string of the molecule is CC1(C)CCCC1C(N)c1cc(Br)c(Br)s1. The lowest BCUT2D eigenvalue weighted by atomic mass is 9.77. The van der Waals surface area contributed by atoms with Gasteiger partial charge in [-0.25, -0.2) is 0 Å². The first-order valence-corrected chi connectivity index (χ1v) is 8.02. The topological polar surface area (TPSA) is 26.0 Å². The fourth-order valence-electron chi connectivity index (χ4n) is 2.75. The zero-order chi connectivity index (χ0) is 11.9. The lowest BCUT2D eigenvalue weighted by Crippen LogP contribution is -2.28. The Morgan fingerprint density at radius 2 is 2.19 bits per heavy atom. The molecule has 0 amide bonds. The molecule has 1 heterocycles. The van der Waals surface area contributed by atoms with Gasteiger partial charge in [0.15, 0.2) is 0 Å². The molecule has 0 spiro atoms. The highest BCUT2D eigenvalue weighted by Crippen LogP contribution is 2.49. The van der Waals surface area contributed by atoms with Gasteiger partial charge in [0.1, 0.15) is 0 Å². The van der Waals surface area contributed by atoms with Crippen molar-refractivity contribution < 1.29 is 0 Å². The van der Waals surface area contributed by atoms with Crippen molar-refractivity contribution in [2.45, 2.75) is 39.2 Å². The van der Waals surface area contributed by atoms with Gasteiger partial charge in [-0.15, -0.1) is 11.3 Å². The largest absolute Gasteiger partial charge is 0.323 e. The summed E-state index contributed by atoms with van der Waals surface area (Å²) in [5.74, 6) is 0.616. The molecule has 4 heteroatoms. The third-order valence-electron chi connectivity index (χ3n) is 3.77. The van der Waals surface area contributed by atoms with Crippen molar-refractivity contribution in [1.82, 2.24) is 0 Å². The average Bonchev–Trinajstić information content (AvgIpc) is 2.70. The second kappa shape index (κ2) is 4.71. The molecule has 1 aliphatic carbocycles. The second-order valence-corrected chi connectivity index (χ2v) is 8.54. The molecular formula is C12H17Br2NS. The Morgan fingerprint density at radius 1 is 1.50 bits per heavy atom. The molecule has 2 unspecified atom stereocenters. The van der Waals surface area contributed by atoms with E-state index in [0.29, 0.717) is 11.3 Å². The standard InChI is InChI=1S/C12H17Br2NS/c1-12(2)5-3-4-7(12)10(15)9-6-8(13)11(14)16-9/h6-7,10H,3-5,15H2,1-2H3. The monoisotopic (exact) mass is 365 g/mol. The van der Waals surface area contributed by atoms with Crippen LogP contribution in [0.1, 0.15) is 44.0 Å². The Balaban J connectivity index is 2.22. The van der Waals surface area contributed by atoms with Crippen molar-refractivity contribution in [3.05, 3.63) is 19.2 Å². The maximum Gasteiger partial charge on any atom is 0.0843 e. The van der Waals surface area contributed by atoms with E-state index in [4.69, 9.17) is 5.73 Å². The third kappa shape index (κ3) is 2.40. The van der Waals surface area contributed by atoms with E-state index in [9.17, 15) is 0 Å². The molecule has 1 aliphatic rings. The number of thiophene rings is 1. The lowest BCUT2D eigenvalue weighted by molar-refractivity contribution is 0.224. The molecule has 16 heavy (non-hydrogen) atoms. The summed E-state index contributed by atoms with van der Waals surface area (Å²) in [6, 6.07) is 2.35.